The maximum atomic E-state index is 12.7. The second-order valence-electron chi connectivity index (χ2n) is 8.13. The molecule has 0 saturated carbocycles. The van der Waals surface area contributed by atoms with Crippen LogP contribution in [0.1, 0.15) is 61.4 Å². The van der Waals surface area contributed by atoms with Gasteiger partial charge in [0.25, 0.3) is 5.91 Å². The first kappa shape index (κ1) is 27.8. The van der Waals surface area contributed by atoms with E-state index in [1.165, 1.54) is 17.8 Å². The molecule has 3 aromatic rings. The molecule has 2 amide bonds. The third kappa shape index (κ3) is 7.12. The lowest BCUT2D eigenvalue weighted by molar-refractivity contribution is -0.113. The quantitative estimate of drug-likeness (QED) is 0.203. The molecule has 0 fully saturated rings. The number of carbonyl (C=O) groups excluding carboxylic acids is 2. The molecule has 1 aromatic heterocycles. The molecule has 0 aliphatic rings. The van der Waals surface area contributed by atoms with E-state index in [1.54, 1.807) is 12.1 Å². The van der Waals surface area contributed by atoms with Gasteiger partial charge in [-0.2, -0.15) is 0 Å². The molecular weight excluding hydrogens is 620 g/mol. The number of halogens is 3. The molecular formula is C24H26Cl2IN5O2S. The third-order valence-corrected chi connectivity index (χ3v) is 7.60. The van der Waals surface area contributed by atoms with E-state index in [1.807, 2.05) is 30.5 Å². The number of carbonyl (C=O) groups is 2. The van der Waals surface area contributed by atoms with Crippen molar-refractivity contribution in [1.82, 2.24) is 20.1 Å². The number of hydrogen-bond donors (Lipinski definition) is 2. The Balaban J connectivity index is 1.65. The minimum Gasteiger partial charge on any atom is -0.342 e. The van der Waals surface area contributed by atoms with Crippen LogP contribution in [0, 0.1) is 3.57 Å². The number of nitrogens with zero attached hydrogens (tertiary/aromatic N) is 3. The van der Waals surface area contributed by atoms with Gasteiger partial charge in [-0.3, -0.25) is 9.59 Å². The number of amides is 2. The highest BCUT2D eigenvalue weighted by atomic mass is 127. The molecule has 7 nitrogen and oxygen atoms in total. The number of rotatable bonds is 9. The lowest BCUT2D eigenvalue weighted by Crippen LogP contribution is -2.28. The fraction of sp³-hybridized carbons (Fsp3) is 0.333. The molecule has 0 bridgehead atoms. The first-order valence-electron chi connectivity index (χ1n) is 11.0. The summed E-state index contributed by atoms with van der Waals surface area (Å²) in [4.78, 5) is 25.3. The van der Waals surface area contributed by atoms with Crippen LogP contribution >= 0.6 is 57.6 Å². The van der Waals surface area contributed by atoms with Crippen LogP contribution < -0.4 is 10.6 Å². The monoisotopic (exact) mass is 645 g/mol. The Labute approximate surface area is 232 Å². The van der Waals surface area contributed by atoms with E-state index in [0.29, 0.717) is 39.1 Å². The molecule has 186 valence electrons. The molecule has 11 heteroatoms. The van der Waals surface area contributed by atoms with E-state index in [4.69, 9.17) is 23.2 Å². The molecule has 0 aliphatic carbocycles. The predicted molar refractivity (Wildman–Crippen MR) is 151 cm³/mol. The zero-order chi connectivity index (χ0) is 25.7. The van der Waals surface area contributed by atoms with Crippen molar-refractivity contribution in [2.45, 2.75) is 51.4 Å². The van der Waals surface area contributed by atoms with Gasteiger partial charge in [-0.1, -0.05) is 48.8 Å². The average molecular weight is 646 g/mol. The minimum absolute atomic E-state index is 0.119. The average Bonchev–Trinajstić information content (AvgIpc) is 3.23. The van der Waals surface area contributed by atoms with Crippen LogP contribution in [-0.2, 0) is 11.3 Å². The van der Waals surface area contributed by atoms with Gasteiger partial charge in [0.1, 0.15) is 0 Å². The standard InChI is InChI=1S/C24H26Cl2IN5O2S/c1-5-32-22(14(4)28-23(34)15-6-8-18(25)19(26)10-15)30-31-24(32)35-12-21(33)29-20-9-7-16(27)11-17(20)13(2)3/h6-11,13-14H,5,12H2,1-4H3,(H,28,34)(H,29,33)/t14-/m1/s1. The van der Waals surface area contributed by atoms with Gasteiger partial charge in [0.05, 0.1) is 21.8 Å². The summed E-state index contributed by atoms with van der Waals surface area (Å²) in [5.41, 5.74) is 2.32. The summed E-state index contributed by atoms with van der Waals surface area (Å²) < 4.78 is 3.02. The molecule has 2 N–H and O–H groups in total. The summed E-state index contributed by atoms with van der Waals surface area (Å²) in [5, 5.41) is 15.8. The summed E-state index contributed by atoms with van der Waals surface area (Å²) in [6.45, 7) is 8.58. The van der Waals surface area contributed by atoms with Crippen LogP contribution in [0.5, 0.6) is 0 Å². The van der Waals surface area contributed by atoms with E-state index in [0.717, 1.165) is 14.8 Å². The normalized spacial score (nSPS) is 12.0. The molecule has 35 heavy (non-hydrogen) atoms. The van der Waals surface area contributed by atoms with Gasteiger partial charge in [-0.15, -0.1) is 10.2 Å². The van der Waals surface area contributed by atoms with Crippen molar-refractivity contribution in [3.8, 4) is 0 Å². The van der Waals surface area contributed by atoms with E-state index in [-0.39, 0.29) is 17.6 Å². The Morgan fingerprint density at radius 2 is 1.83 bits per heavy atom. The number of aromatic nitrogens is 3. The van der Waals surface area contributed by atoms with Gasteiger partial charge < -0.3 is 15.2 Å². The van der Waals surface area contributed by atoms with E-state index < -0.39 is 6.04 Å². The van der Waals surface area contributed by atoms with Crippen molar-refractivity contribution < 1.29 is 9.59 Å². The van der Waals surface area contributed by atoms with E-state index in [9.17, 15) is 9.59 Å². The highest BCUT2D eigenvalue weighted by Crippen LogP contribution is 2.27. The summed E-state index contributed by atoms with van der Waals surface area (Å²) in [7, 11) is 0. The van der Waals surface area contributed by atoms with Crippen LogP contribution in [0.2, 0.25) is 10.0 Å². The number of nitrogens with one attached hydrogen (secondary N) is 2. The van der Waals surface area contributed by atoms with Crippen LogP contribution in [0.4, 0.5) is 5.69 Å². The molecule has 2 aromatic carbocycles. The van der Waals surface area contributed by atoms with Crippen LogP contribution in [0.3, 0.4) is 0 Å². The first-order valence-corrected chi connectivity index (χ1v) is 13.8. The number of anilines is 1. The van der Waals surface area contributed by atoms with E-state index in [2.05, 4.69) is 63.3 Å². The van der Waals surface area contributed by atoms with Crippen LogP contribution in [0.25, 0.3) is 0 Å². The zero-order valence-electron chi connectivity index (χ0n) is 19.7. The Morgan fingerprint density at radius 1 is 1.09 bits per heavy atom. The fourth-order valence-corrected chi connectivity index (χ4v) is 5.07. The van der Waals surface area contributed by atoms with Crippen molar-refractivity contribution in [1.29, 1.82) is 0 Å². The van der Waals surface area contributed by atoms with Crippen molar-refractivity contribution in [2.24, 2.45) is 0 Å². The van der Waals surface area contributed by atoms with Crippen molar-refractivity contribution in [3.63, 3.8) is 0 Å². The molecule has 1 heterocycles. The highest BCUT2D eigenvalue weighted by molar-refractivity contribution is 14.1. The fourth-order valence-electron chi connectivity index (χ4n) is 3.45. The Bertz CT molecular complexity index is 1230. The smallest absolute Gasteiger partial charge is 0.251 e. The molecule has 0 radical (unpaired) electrons. The SMILES string of the molecule is CCn1c(SCC(=O)Nc2ccc(I)cc2C(C)C)nnc1[C@@H](C)NC(=O)c1ccc(Cl)c(Cl)c1. The van der Waals surface area contributed by atoms with Gasteiger partial charge >= 0.3 is 0 Å². The molecule has 0 spiro atoms. The van der Waals surface area contributed by atoms with Crippen molar-refractivity contribution >= 4 is 75.1 Å². The van der Waals surface area contributed by atoms with Crippen LogP contribution in [0.15, 0.2) is 41.6 Å². The summed E-state index contributed by atoms with van der Waals surface area (Å²) in [5.74, 6) is 0.661. The molecule has 0 saturated heterocycles. The van der Waals surface area contributed by atoms with E-state index >= 15 is 0 Å². The van der Waals surface area contributed by atoms with Crippen LogP contribution in [-0.4, -0.2) is 32.3 Å². The minimum atomic E-state index is -0.409. The predicted octanol–water partition coefficient (Wildman–Crippen LogP) is 6.55. The van der Waals surface area contributed by atoms with Gasteiger partial charge in [-0.25, -0.2) is 0 Å². The summed E-state index contributed by atoms with van der Waals surface area (Å²) >= 11 is 15.5. The van der Waals surface area contributed by atoms with Crippen molar-refractivity contribution in [2.75, 3.05) is 11.1 Å². The van der Waals surface area contributed by atoms with Gasteiger partial charge in [0.2, 0.25) is 5.91 Å². The zero-order valence-corrected chi connectivity index (χ0v) is 24.2. The first-order chi connectivity index (χ1) is 16.6. The third-order valence-electron chi connectivity index (χ3n) is 5.22. The van der Waals surface area contributed by atoms with Gasteiger partial charge in [-0.05, 0) is 84.3 Å². The highest BCUT2D eigenvalue weighted by Gasteiger charge is 2.21. The maximum Gasteiger partial charge on any atom is 0.251 e. The Kier molecular flexibility index (Phi) is 9.86. The topological polar surface area (TPSA) is 88.9 Å². The number of benzene rings is 2. The Morgan fingerprint density at radius 3 is 2.49 bits per heavy atom. The Hall–Kier alpha value is -1.82. The van der Waals surface area contributed by atoms with Crippen molar-refractivity contribution in [3.05, 3.63) is 67.0 Å². The largest absolute Gasteiger partial charge is 0.342 e. The van der Waals surface area contributed by atoms with Gasteiger partial charge in [0.15, 0.2) is 11.0 Å². The number of hydrogen-bond acceptors (Lipinski definition) is 5. The summed E-state index contributed by atoms with van der Waals surface area (Å²) in [6, 6.07) is 10.3. The molecule has 0 unspecified atom stereocenters. The molecule has 3 rings (SSSR count). The maximum absolute atomic E-state index is 12.7. The molecule has 1 atom stereocenters. The number of thioether (sulfide) groups is 1. The summed E-state index contributed by atoms with van der Waals surface area (Å²) in [6.07, 6.45) is 0. The lowest BCUT2D eigenvalue weighted by Gasteiger charge is -2.16. The molecule has 0 aliphatic heterocycles. The second-order valence-corrected chi connectivity index (χ2v) is 11.1. The lowest BCUT2D eigenvalue weighted by atomic mass is 10.0. The van der Waals surface area contributed by atoms with Gasteiger partial charge in [0, 0.05) is 21.4 Å². The second kappa shape index (κ2) is 12.4.